The van der Waals surface area contributed by atoms with Crippen molar-refractivity contribution in [1.82, 2.24) is 4.98 Å². The lowest BCUT2D eigenvalue weighted by atomic mass is 10.1. The number of aryl methyl sites for hydroxylation is 2. The van der Waals surface area contributed by atoms with Gasteiger partial charge in [-0.05, 0) is 36.1 Å². The molecule has 4 nitrogen and oxygen atoms in total. The lowest BCUT2D eigenvalue weighted by molar-refractivity contribution is 0.320. The monoisotopic (exact) mass is 262 g/mol. The largest absolute Gasteiger partial charge is 0.463 e. The third-order valence-corrected chi connectivity index (χ3v) is 2.28. The summed E-state index contributed by atoms with van der Waals surface area (Å²) in [4.78, 5) is 4.05. The molecular weight excluding hydrogens is 240 g/mol. The van der Waals surface area contributed by atoms with E-state index in [1.807, 2.05) is 38.2 Å². The van der Waals surface area contributed by atoms with Crippen molar-refractivity contribution in [3.63, 3.8) is 0 Å². The van der Waals surface area contributed by atoms with Crippen LogP contribution in [0.2, 0.25) is 0 Å². The summed E-state index contributed by atoms with van der Waals surface area (Å²) in [6.07, 6.45) is 8.37. The van der Waals surface area contributed by atoms with E-state index >= 15 is 0 Å². The van der Waals surface area contributed by atoms with Crippen LogP contribution >= 0.6 is 0 Å². The Morgan fingerprint density at radius 1 is 1.32 bits per heavy atom. The van der Waals surface area contributed by atoms with Crippen LogP contribution < -0.4 is 0 Å². The van der Waals surface area contributed by atoms with Crippen LogP contribution in [-0.4, -0.2) is 16.4 Å². The molecule has 0 saturated heterocycles. The Bertz CT molecular complexity index is 464. The second kappa shape index (κ2) is 9.88. The molecule has 0 aliphatic carbocycles. The molecule has 104 valence electrons. The summed E-state index contributed by atoms with van der Waals surface area (Å²) in [7, 11) is 0. The maximum Gasteiger partial charge on any atom is 0.148 e. The van der Waals surface area contributed by atoms with Crippen molar-refractivity contribution in [2.75, 3.05) is 0 Å². The summed E-state index contributed by atoms with van der Waals surface area (Å²) in [5, 5.41) is 11.2. The number of aromatic nitrogens is 1. The molecule has 19 heavy (non-hydrogen) atoms. The highest BCUT2D eigenvalue weighted by atomic mass is 16.4. The average Bonchev–Trinajstić information content (AvgIpc) is 2.88. The zero-order valence-corrected chi connectivity index (χ0v) is 10.7. The highest BCUT2D eigenvalue weighted by molar-refractivity contribution is 5.75. The highest BCUT2D eigenvalue weighted by Gasteiger charge is 2.00. The van der Waals surface area contributed by atoms with Crippen molar-refractivity contribution in [1.29, 1.82) is 0 Å². The number of hydrogen-bond donors (Lipinski definition) is 1. The number of furan rings is 1. The Morgan fingerprint density at radius 2 is 2.05 bits per heavy atom. The van der Waals surface area contributed by atoms with Crippen molar-refractivity contribution in [3.8, 4) is 0 Å². The van der Waals surface area contributed by atoms with Crippen molar-refractivity contribution >= 4 is 6.21 Å². The number of oxime groups is 1. The quantitative estimate of drug-likeness (QED) is 0.516. The van der Waals surface area contributed by atoms with Gasteiger partial charge in [-0.25, -0.2) is 0 Å². The van der Waals surface area contributed by atoms with E-state index in [0.717, 1.165) is 18.4 Å². The van der Waals surface area contributed by atoms with Gasteiger partial charge < -0.3 is 9.62 Å². The van der Waals surface area contributed by atoms with Crippen molar-refractivity contribution < 1.29 is 9.62 Å². The van der Waals surface area contributed by atoms with Gasteiger partial charge in [0.05, 0.1) is 6.26 Å². The molecule has 4 heteroatoms. The first-order valence-electron chi connectivity index (χ1n) is 6.02. The van der Waals surface area contributed by atoms with Gasteiger partial charge in [0.15, 0.2) is 0 Å². The van der Waals surface area contributed by atoms with E-state index in [1.54, 1.807) is 12.5 Å². The standard InChI is InChI=1S/C12H12N2O2.C2H6.CH4/c15-14-8-12-6-11(9-16-12)4-3-10-2-1-5-13-7-10;1-2;/h1-2,5-9,15H,3-4H2;1-2H3;1H4/b14-8+;;. The van der Waals surface area contributed by atoms with Crippen LogP contribution in [0.25, 0.3) is 0 Å². The Morgan fingerprint density at radius 3 is 2.68 bits per heavy atom. The Kier molecular flexibility index (Phi) is 8.79. The Labute approximate surface area is 114 Å². The van der Waals surface area contributed by atoms with Crippen LogP contribution in [0.1, 0.15) is 38.2 Å². The first kappa shape index (κ1) is 16.9. The molecule has 2 aromatic rings. The molecule has 0 fully saturated rings. The van der Waals surface area contributed by atoms with E-state index in [1.165, 1.54) is 11.8 Å². The number of rotatable bonds is 4. The van der Waals surface area contributed by atoms with Crippen LogP contribution in [0, 0.1) is 0 Å². The summed E-state index contributed by atoms with van der Waals surface area (Å²) in [5.74, 6) is 0.559. The number of nitrogens with zero attached hydrogens (tertiary/aromatic N) is 2. The van der Waals surface area contributed by atoms with E-state index in [0.29, 0.717) is 5.76 Å². The number of hydrogen-bond acceptors (Lipinski definition) is 4. The van der Waals surface area contributed by atoms with Gasteiger partial charge in [0.25, 0.3) is 0 Å². The molecule has 0 atom stereocenters. The summed E-state index contributed by atoms with van der Waals surface area (Å²) in [6.45, 7) is 4.00. The molecule has 0 spiro atoms. The second-order valence-electron chi connectivity index (χ2n) is 3.46. The van der Waals surface area contributed by atoms with Crippen LogP contribution in [0.3, 0.4) is 0 Å². The van der Waals surface area contributed by atoms with E-state index in [9.17, 15) is 0 Å². The predicted molar refractivity (Wildman–Crippen MR) is 77.8 cm³/mol. The minimum absolute atomic E-state index is 0. The molecule has 0 unspecified atom stereocenters. The van der Waals surface area contributed by atoms with Crippen LogP contribution in [0.5, 0.6) is 0 Å². The van der Waals surface area contributed by atoms with Crippen LogP contribution in [0.4, 0.5) is 0 Å². The Balaban J connectivity index is 0.00000103. The van der Waals surface area contributed by atoms with Gasteiger partial charge in [-0.3, -0.25) is 4.98 Å². The molecular formula is C15H22N2O2. The lowest BCUT2D eigenvalue weighted by Crippen LogP contribution is -1.89. The van der Waals surface area contributed by atoms with Gasteiger partial charge in [0.1, 0.15) is 12.0 Å². The molecule has 0 radical (unpaired) electrons. The van der Waals surface area contributed by atoms with Gasteiger partial charge in [-0.15, -0.1) is 0 Å². The maximum atomic E-state index is 8.34. The van der Waals surface area contributed by atoms with Gasteiger partial charge >= 0.3 is 0 Å². The first-order chi connectivity index (χ1) is 8.88. The van der Waals surface area contributed by atoms with Gasteiger partial charge in [-0.2, -0.15) is 0 Å². The van der Waals surface area contributed by atoms with Crippen LogP contribution in [-0.2, 0) is 12.8 Å². The molecule has 0 aromatic carbocycles. The number of pyridine rings is 1. The van der Waals surface area contributed by atoms with Crippen molar-refractivity contribution in [2.45, 2.75) is 34.1 Å². The predicted octanol–water partition coefficient (Wildman–Crippen LogP) is 3.93. The van der Waals surface area contributed by atoms with E-state index in [2.05, 4.69) is 10.1 Å². The summed E-state index contributed by atoms with van der Waals surface area (Å²) in [5.41, 5.74) is 2.28. The van der Waals surface area contributed by atoms with Crippen molar-refractivity contribution in [3.05, 3.63) is 53.7 Å². The van der Waals surface area contributed by atoms with Gasteiger partial charge in [-0.1, -0.05) is 32.5 Å². The van der Waals surface area contributed by atoms with E-state index in [4.69, 9.17) is 9.62 Å². The van der Waals surface area contributed by atoms with Gasteiger partial charge in [0, 0.05) is 12.4 Å². The summed E-state index contributed by atoms with van der Waals surface area (Å²) >= 11 is 0. The topological polar surface area (TPSA) is 58.6 Å². The Hall–Kier alpha value is -2.10. The fraction of sp³-hybridized carbons (Fsp3) is 0.333. The lowest BCUT2D eigenvalue weighted by Gasteiger charge is -1.97. The summed E-state index contributed by atoms with van der Waals surface area (Å²) in [6, 6.07) is 5.83. The molecule has 2 rings (SSSR count). The molecule has 0 aliphatic heterocycles. The molecule has 0 bridgehead atoms. The zero-order chi connectivity index (χ0) is 13.2. The smallest absolute Gasteiger partial charge is 0.148 e. The summed E-state index contributed by atoms with van der Waals surface area (Å²) < 4.78 is 5.17. The van der Waals surface area contributed by atoms with E-state index < -0.39 is 0 Å². The SMILES string of the molecule is C.CC.O/N=C/c1cc(CCc2cccnc2)co1. The fourth-order valence-corrected chi connectivity index (χ4v) is 1.48. The first-order valence-corrected chi connectivity index (χ1v) is 6.02. The third-order valence-electron chi connectivity index (χ3n) is 2.28. The minimum atomic E-state index is 0. The molecule has 0 amide bonds. The maximum absolute atomic E-state index is 8.34. The minimum Gasteiger partial charge on any atom is -0.463 e. The average molecular weight is 262 g/mol. The van der Waals surface area contributed by atoms with E-state index in [-0.39, 0.29) is 7.43 Å². The third kappa shape index (κ3) is 5.86. The van der Waals surface area contributed by atoms with Crippen LogP contribution in [0.15, 0.2) is 46.4 Å². The highest BCUT2D eigenvalue weighted by Crippen LogP contribution is 2.09. The zero-order valence-electron chi connectivity index (χ0n) is 10.7. The molecule has 1 N–H and O–H groups in total. The molecule has 0 aliphatic rings. The fourth-order valence-electron chi connectivity index (χ4n) is 1.48. The molecule has 0 saturated carbocycles. The van der Waals surface area contributed by atoms with Crippen molar-refractivity contribution in [2.24, 2.45) is 5.16 Å². The normalized spacial score (nSPS) is 9.58. The van der Waals surface area contributed by atoms with Gasteiger partial charge in [0.2, 0.25) is 0 Å². The molecule has 2 aromatic heterocycles. The molecule has 2 heterocycles. The second-order valence-corrected chi connectivity index (χ2v) is 3.46.